The van der Waals surface area contributed by atoms with Crippen molar-refractivity contribution in [2.75, 3.05) is 0 Å². The van der Waals surface area contributed by atoms with Crippen molar-refractivity contribution in [2.24, 2.45) is 5.92 Å². The Kier molecular flexibility index (Phi) is 1.86. The van der Waals surface area contributed by atoms with Gasteiger partial charge in [0.1, 0.15) is 0 Å². The molecule has 0 spiro atoms. The van der Waals surface area contributed by atoms with E-state index in [0.29, 0.717) is 5.56 Å². The van der Waals surface area contributed by atoms with E-state index in [-0.39, 0.29) is 11.7 Å². The second kappa shape index (κ2) is 3.02. The van der Waals surface area contributed by atoms with Crippen LogP contribution in [0.25, 0.3) is 0 Å². The summed E-state index contributed by atoms with van der Waals surface area (Å²) < 4.78 is 0. The van der Waals surface area contributed by atoms with E-state index in [1.165, 1.54) is 0 Å². The Morgan fingerprint density at radius 3 is 2.38 bits per heavy atom. The lowest BCUT2D eigenvalue weighted by Crippen LogP contribution is -2.00. The molecule has 0 unspecified atom stereocenters. The molecule has 1 fully saturated rings. The zero-order valence-electron chi connectivity index (χ0n) is 7.16. The molecule has 0 N–H and O–H groups in total. The molecule has 1 aliphatic carbocycles. The Hall–Kier alpha value is -1.62. The van der Waals surface area contributed by atoms with Gasteiger partial charge in [0.25, 0.3) is 0 Å². The van der Waals surface area contributed by atoms with Crippen molar-refractivity contribution >= 4 is 5.78 Å². The Labute approximate surface area is 76.8 Å². The van der Waals surface area contributed by atoms with Crippen LogP contribution in [0.5, 0.6) is 0 Å². The molecule has 1 aromatic carbocycles. The number of nitrogens with zero attached hydrogens (tertiary/aromatic N) is 1. The fraction of sp³-hybridized carbons (Fsp3) is 0.273. The van der Waals surface area contributed by atoms with Crippen molar-refractivity contribution in [1.82, 2.24) is 0 Å². The molecule has 2 nitrogen and oxygen atoms in total. The molecule has 2 heteroatoms. The molecule has 0 saturated heterocycles. The maximum atomic E-state index is 11.5. The molecule has 2 rings (SSSR count). The zero-order chi connectivity index (χ0) is 9.26. The minimum Gasteiger partial charge on any atom is -0.294 e. The molecule has 1 aliphatic rings. The van der Waals surface area contributed by atoms with Crippen molar-refractivity contribution in [1.29, 1.82) is 5.26 Å². The maximum absolute atomic E-state index is 11.5. The van der Waals surface area contributed by atoms with Crippen LogP contribution in [-0.2, 0) is 0 Å². The Morgan fingerprint density at radius 1 is 1.31 bits per heavy atom. The molecule has 0 radical (unpaired) electrons. The van der Waals surface area contributed by atoms with E-state index < -0.39 is 0 Å². The van der Waals surface area contributed by atoms with Gasteiger partial charge in [0.2, 0.25) is 0 Å². The number of ketones is 1. The smallest absolute Gasteiger partial charge is 0.165 e. The Bertz CT molecular complexity index is 368. The van der Waals surface area contributed by atoms with Crippen LogP contribution in [0, 0.1) is 17.2 Å². The highest BCUT2D eigenvalue weighted by Crippen LogP contribution is 2.32. The van der Waals surface area contributed by atoms with Crippen LogP contribution in [0.3, 0.4) is 0 Å². The van der Waals surface area contributed by atoms with Gasteiger partial charge in [-0.25, -0.2) is 0 Å². The average Bonchev–Trinajstić information content (AvgIpc) is 3.00. The van der Waals surface area contributed by atoms with Crippen LogP contribution >= 0.6 is 0 Å². The van der Waals surface area contributed by atoms with Gasteiger partial charge in [0.05, 0.1) is 11.6 Å². The summed E-state index contributed by atoms with van der Waals surface area (Å²) in [5.74, 6) is 0.484. The summed E-state index contributed by atoms with van der Waals surface area (Å²) in [7, 11) is 0. The number of carbonyl (C=O) groups is 1. The van der Waals surface area contributed by atoms with Crippen molar-refractivity contribution in [2.45, 2.75) is 12.8 Å². The fourth-order valence-corrected chi connectivity index (χ4v) is 1.29. The first-order valence-corrected chi connectivity index (χ1v) is 4.35. The highest BCUT2D eigenvalue weighted by atomic mass is 16.1. The number of nitriles is 1. The Morgan fingerprint density at radius 2 is 1.92 bits per heavy atom. The topological polar surface area (TPSA) is 40.9 Å². The summed E-state index contributed by atoms with van der Waals surface area (Å²) in [5, 5.41) is 8.55. The number of rotatable bonds is 2. The summed E-state index contributed by atoms with van der Waals surface area (Å²) in [6.07, 6.45) is 2.05. The largest absolute Gasteiger partial charge is 0.294 e. The third-order valence-electron chi connectivity index (χ3n) is 2.25. The quantitative estimate of drug-likeness (QED) is 0.640. The summed E-state index contributed by atoms with van der Waals surface area (Å²) in [4.78, 5) is 11.5. The van der Waals surface area contributed by atoms with E-state index in [2.05, 4.69) is 0 Å². The van der Waals surface area contributed by atoms with Gasteiger partial charge in [-0.2, -0.15) is 5.26 Å². The molecule has 0 bridgehead atoms. The third-order valence-corrected chi connectivity index (χ3v) is 2.25. The van der Waals surface area contributed by atoms with Gasteiger partial charge >= 0.3 is 0 Å². The first kappa shape index (κ1) is 8.00. The summed E-state index contributed by atoms with van der Waals surface area (Å²) in [6, 6.07) is 8.88. The van der Waals surface area contributed by atoms with Crippen molar-refractivity contribution in [3.63, 3.8) is 0 Å². The fourth-order valence-electron chi connectivity index (χ4n) is 1.29. The highest BCUT2D eigenvalue weighted by Gasteiger charge is 2.30. The molecule has 0 aromatic heterocycles. The molecule has 64 valence electrons. The number of hydrogen-bond donors (Lipinski definition) is 0. The van der Waals surface area contributed by atoms with Crippen LogP contribution in [-0.4, -0.2) is 5.78 Å². The lowest BCUT2D eigenvalue weighted by atomic mass is 10.1. The van der Waals surface area contributed by atoms with Gasteiger partial charge in [-0.05, 0) is 25.0 Å². The monoisotopic (exact) mass is 171 g/mol. The van der Waals surface area contributed by atoms with Crippen LogP contribution < -0.4 is 0 Å². The second-order valence-corrected chi connectivity index (χ2v) is 3.33. The highest BCUT2D eigenvalue weighted by molar-refractivity contribution is 5.99. The predicted molar refractivity (Wildman–Crippen MR) is 48.2 cm³/mol. The summed E-state index contributed by atoms with van der Waals surface area (Å²) in [5.41, 5.74) is 1.34. The summed E-state index contributed by atoms with van der Waals surface area (Å²) in [6.45, 7) is 0. The minimum atomic E-state index is 0.226. The van der Waals surface area contributed by atoms with Crippen LogP contribution in [0.1, 0.15) is 28.8 Å². The van der Waals surface area contributed by atoms with Crippen LogP contribution in [0.15, 0.2) is 24.3 Å². The SMILES string of the molecule is N#Cc1ccc(C(=O)C2CC2)cc1. The molecule has 1 aromatic rings. The maximum Gasteiger partial charge on any atom is 0.165 e. The van der Waals surface area contributed by atoms with Gasteiger partial charge in [0.15, 0.2) is 5.78 Å². The van der Waals surface area contributed by atoms with E-state index >= 15 is 0 Å². The van der Waals surface area contributed by atoms with Crippen molar-refractivity contribution in [3.05, 3.63) is 35.4 Å². The minimum absolute atomic E-state index is 0.226. The molecule has 0 aliphatic heterocycles. The number of benzene rings is 1. The van der Waals surface area contributed by atoms with Gasteiger partial charge in [-0.15, -0.1) is 0 Å². The number of hydrogen-bond acceptors (Lipinski definition) is 2. The third kappa shape index (κ3) is 1.59. The van der Waals surface area contributed by atoms with Gasteiger partial charge in [0, 0.05) is 11.5 Å². The van der Waals surface area contributed by atoms with Gasteiger partial charge in [-0.1, -0.05) is 12.1 Å². The molecular weight excluding hydrogens is 162 g/mol. The van der Waals surface area contributed by atoms with E-state index in [9.17, 15) is 4.79 Å². The number of carbonyl (C=O) groups excluding carboxylic acids is 1. The molecule has 1 saturated carbocycles. The van der Waals surface area contributed by atoms with Crippen LogP contribution in [0.2, 0.25) is 0 Å². The summed E-state index contributed by atoms with van der Waals surface area (Å²) >= 11 is 0. The molecular formula is C11H9NO. The number of Topliss-reactive ketones (excluding diaryl/α,β-unsaturated/α-hetero) is 1. The first-order chi connectivity index (χ1) is 6.31. The van der Waals surface area contributed by atoms with Gasteiger partial charge in [-0.3, -0.25) is 4.79 Å². The van der Waals surface area contributed by atoms with Gasteiger partial charge < -0.3 is 0 Å². The van der Waals surface area contributed by atoms with Crippen molar-refractivity contribution < 1.29 is 4.79 Å². The van der Waals surface area contributed by atoms with E-state index in [4.69, 9.17) is 5.26 Å². The second-order valence-electron chi connectivity index (χ2n) is 3.33. The normalized spacial score (nSPS) is 15.0. The standard InChI is InChI=1S/C11H9NO/c12-7-8-1-3-9(4-2-8)11(13)10-5-6-10/h1-4,10H,5-6H2. The van der Waals surface area contributed by atoms with E-state index in [1.54, 1.807) is 24.3 Å². The molecule has 0 amide bonds. The predicted octanol–water partition coefficient (Wildman–Crippen LogP) is 2.15. The lowest BCUT2D eigenvalue weighted by Gasteiger charge is -1.97. The first-order valence-electron chi connectivity index (χ1n) is 4.35. The molecule has 13 heavy (non-hydrogen) atoms. The lowest BCUT2D eigenvalue weighted by molar-refractivity contribution is 0.0967. The van der Waals surface area contributed by atoms with Crippen molar-refractivity contribution in [3.8, 4) is 6.07 Å². The van der Waals surface area contributed by atoms with E-state index in [0.717, 1.165) is 18.4 Å². The molecule has 0 atom stereocenters. The average molecular weight is 171 g/mol. The van der Waals surface area contributed by atoms with E-state index in [1.807, 2.05) is 6.07 Å². The zero-order valence-corrected chi connectivity index (χ0v) is 7.16. The Balaban J connectivity index is 2.22. The molecule has 0 heterocycles. The van der Waals surface area contributed by atoms with Crippen LogP contribution in [0.4, 0.5) is 0 Å².